The SMILES string of the molecule is C=C1C=Cc2cnc(Nc3ccc(NC4CCNCC4)cc3)nc2N1C1C(=O)c2ccccc2S(=O)(=O)N1C. The minimum Gasteiger partial charge on any atom is -0.382 e. The second-order valence-electron chi connectivity index (χ2n) is 9.79. The Morgan fingerprint density at radius 3 is 2.51 bits per heavy atom. The van der Waals surface area contributed by atoms with Crippen molar-refractivity contribution in [1.82, 2.24) is 19.6 Å². The topological polar surface area (TPSA) is 120 Å². The number of hydrogen-bond acceptors (Lipinski definition) is 9. The lowest BCUT2D eigenvalue weighted by molar-refractivity contribution is 0.0896. The molecule has 3 aromatic rings. The van der Waals surface area contributed by atoms with Gasteiger partial charge in [0.25, 0.3) is 0 Å². The van der Waals surface area contributed by atoms with Crippen LogP contribution in [0, 0.1) is 0 Å². The molecule has 1 fully saturated rings. The quantitative estimate of drug-likeness (QED) is 0.444. The Hall–Kier alpha value is -4.06. The van der Waals surface area contributed by atoms with Crippen molar-refractivity contribution in [2.75, 3.05) is 35.7 Å². The lowest BCUT2D eigenvalue weighted by atomic mass is 10.0. The molecule has 2 aromatic carbocycles. The van der Waals surface area contributed by atoms with Crippen LogP contribution in [0.3, 0.4) is 0 Å². The third kappa shape index (κ3) is 4.58. The summed E-state index contributed by atoms with van der Waals surface area (Å²) in [4.78, 5) is 24.3. The number of nitrogens with zero attached hydrogens (tertiary/aromatic N) is 4. The number of Topliss-reactive ketones (excluding diaryl/α,β-unsaturated/α-hetero) is 1. The van der Waals surface area contributed by atoms with E-state index in [0.717, 1.165) is 41.6 Å². The molecule has 0 aliphatic carbocycles. The second kappa shape index (κ2) is 9.92. The zero-order valence-electron chi connectivity index (χ0n) is 21.5. The van der Waals surface area contributed by atoms with Crippen molar-refractivity contribution in [2.45, 2.75) is 29.9 Å². The molecule has 1 saturated heterocycles. The summed E-state index contributed by atoms with van der Waals surface area (Å²) in [6.45, 7) is 6.13. The van der Waals surface area contributed by atoms with Gasteiger partial charge in [-0.3, -0.25) is 4.79 Å². The lowest BCUT2D eigenvalue weighted by Crippen LogP contribution is -2.56. The van der Waals surface area contributed by atoms with E-state index in [1.807, 2.05) is 24.3 Å². The van der Waals surface area contributed by atoms with Crippen LogP contribution < -0.4 is 20.9 Å². The van der Waals surface area contributed by atoms with Gasteiger partial charge in [-0.2, -0.15) is 9.29 Å². The predicted molar refractivity (Wildman–Crippen MR) is 151 cm³/mol. The van der Waals surface area contributed by atoms with Gasteiger partial charge in [0.05, 0.1) is 4.90 Å². The number of benzene rings is 2. The smallest absolute Gasteiger partial charge is 0.245 e. The van der Waals surface area contributed by atoms with Crippen LogP contribution in [0.4, 0.5) is 23.1 Å². The Labute approximate surface area is 227 Å². The number of nitrogens with one attached hydrogen (secondary N) is 3. The summed E-state index contributed by atoms with van der Waals surface area (Å²) < 4.78 is 27.7. The van der Waals surface area contributed by atoms with E-state index >= 15 is 0 Å². The summed E-state index contributed by atoms with van der Waals surface area (Å²) >= 11 is 0. The van der Waals surface area contributed by atoms with Crippen molar-refractivity contribution in [3.8, 4) is 0 Å². The van der Waals surface area contributed by atoms with Gasteiger partial charge in [-0.05, 0) is 74.5 Å². The molecule has 0 bridgehead atoms. The molecule has 0 radical (unpaired) electrons. The van der Waals surface area contributed by atoms with Gasteiger partial charge in [0.2, 0.25) is 21.8 Å². The Kier molecular flexibility index (Phi) is 6.42. The van der Waals surface area contributed by atoms with Crippen molar-refractivity contribution in [3.05, 3.63) is 84.2 Å². The number of allylic oxidation sites excluding steroid dienone is 1. The normalized spacial score (nSPS) is 20.8. The van der Waals surface area contributed by atoms with Gasteiger partial charge in [0.15, 0.2) is 6.17 Å². The Balaban J connectivity index is 1.29. The summed E-state index contributed by atoms with van der Waals surface area (Å²) in [7, 11) is -2.51. The molecular weight excluding hydrogens is 514 g/mol. The van der Waals surface area contributed by atoms with Crippen LogP contribution in [-0.2, 0) is 10.0 Å². The van der Waals surface area contributed by atoms with Crippen LogP contribution in [0.1, 0.15) is 28.8 Å². The van der Waals surface area contributed by atoms with Crippen LogP contribution in [0.2, 0.25) is 0 Å². The molecule has 39 heavy (non-hydrogen) atoms. The molecule has 3 N–H and O–H groups in total. The number of hydrogen-bond donors (Lipinski definition) is 3. The fourth-order valence-electron chi connectivity index (χ4n) is 5.17. The summed E-state index contributed by atoms with van der Waals surface area (Å²) in [5, 5.41) is 10.2. The molecule has 6 rings (SSSR count). The minimum absolute atomic E-state index is 0.00438. The van der Waals surface area contributed by atoms with Crippen LogP contribution >= 0.6 is 0 Å². The predicted octanol–water partition coefficient (Wildman–Crippen LogP) is 3.57. The van der Waals surface area contributed by atoms with Gasteiger partial charge in [-0.25, -0.2) is 13.4 Å². The number of sulfonamides is 1. The van der Waals surface area contributed by atoms with E-state index in [4.69, 9.17) is 4.98 Å². The molecule has 0 spiro atoms. The number of carbonyl (C=O) groups is 1. The zero-order chi connectivity index (χ0) is 27.1. The summed E-state index contributed by atoms with van der Waals surface area (Å²) in [6.07, 6.45) is 6.17. The van der Waals surface area contributed by atoms with Gasteiger partial charge >= 0.3 is 0 Å². The monoisotopic (exact) mass is 543 g/mol. The van der Waals surface area contributed by atoms with E-state index in [9.17, 15) is 13.2 Å². The average Bonchev–Trinajstić information content (AvgIpc) is 2.95. The van der Waals surface area contributed by atoms with E-state index in [0.29, 0.717) is 29.1 Å². The highest BCUT2D eigenvalue weighted by molar-refractivity contribution is 7.89. The van der Waals surface area contributed by atoms with E-state index in [1.54, 1.807) is 35.4 Å². The first-order chi connectivity index (χ1) is 18.8. The van der Waals surface area contributed by atoms with E-state index in [1.165, 1.54) is 19.2 Å². The van der Waals surface area contributed by atoms with Gasteiger partial charge < -0.3 is 20.9 Å². The molecule has 1 unspecified atom stereocenters. The van der Waals surface area contributed by atoms with Gasteiger partial charge in [0, 0.05) is 47.5 Å². The number of carbonyl (C=O) groups excluding carboxylic acids is 1. The average molecular weight is 544 g/mol. The molecule has 0 saturated carbocycles. The third-order valence-corrected chi connectivity index (χ3v) is 9.14. The van der Waals surface area contributed by atoms with Crippen LogP contribution in [0.25, 0.3) is 6.08 Å². The summed E-state index contributed by atoms with van der Waals surface area (Å²) in [5.74, 6) is 0.356. The molecule has 1 atom stereocenters. The zero-order valence-corrected chi connectivity index (χ0v) is 22.3. The lowest BCUT2D eigenvalue weighted by Gasteiger charge is -2.41. The summed E-state index contributed by atoms with van der Waals surface area (Å²) in [5.41, 5.74) is 3.08. The first-order valence-corrected chi connectivity index (χ1v) is 14.3. The highest BCUT2D eigenvalue weighted by Crippen LogP contribution is 2.37. The molecule has 3 aliphatic heterocycles. The number of anilines is 4. The minimum atomic E-state index is -3.91. The van der Waals surface area contributed by atoms with Crippen molar-refractivity contribution in [3.63, 3.8) is 0 Å². The van der Waals surface area contributed by atoms with Crippen molar-refractivity contribution in [2.24, 2.45) is 0 Å². The highest BCUT2D eigenvalue weighted by atomic mass is 32.2. The molecule has 11 heteroatoms. The fourth-order valence-corrected chi connectivity index (χ4v) is 6.63. The third-order valence-electron chi connectivity index (χ3n) is 7.27. The summed E-state index contributed by atoms with van der Waals surface area (Å²) in [6, 6.07) is 14.6. The standard InChI is InChI=1S/C28H29N7O3S/c1-18-7-8-19-17-30-28(32-21-11-9-20(10-12-21)31-22-13-15-29-16-14-22)33-26(19)35(18)27-25(36)23-5-3-4-6-24(23)39(37,38)34(27)2/h3-12,17,22,27,29,31H,1,13-16H2,2H3,(H,30,32,33). The fraction of sp³-hybridized carbons (Fsp3) is 0.250. The Morgan fingerprint density at radius 1 is 1.03 bits per heavy atom. The van der Waals surface area contributed by atoms with Crippen molar-refractivity contribution >= 4 is 45.0 Å². The Morgan fingerprint density at radius 2 is 1.74 bits per heavy atom. The van der Waals surface area contributed by atoms with E-state index in [2.05, 4.69) is 27.5 Å². The van der Waals surface area contributed by atoms with Crippen LogP contribution in [0.15, 0.2) is 78.0 Å². The molecule has 1 aromatic heterocycles. The molecule has 0 amide bonds. The van der Waals surface area contributed by atoms with Crippen LogP contribution in [-0.4, -0.2) is 60.8 Å². The van der Waals surface area contributed by atoms with Gasteiger partial charge in [0.1, 0.15) is 5.82 Å². The molecule has 3 aliphatic rings. The maximum atomic E-state index is 13.6. The number of ketones is 1. The molecule has 200 valence electrons. The number of fused-ring (bicyclic) bond motifs is 2. The first-order valence-electron chi connectivity index (χ1n) is 12.8. The van der Waals surface area contributed by atoms with Crippen molar-refractivity contribution < 1.29 is 13.2 Å². The maximum absolute atomic E-state index is 13.6. The highest BCUT2D eigenvalue weighted by Gasteiger charge is 2.46. The number of aromatic nitrogens is 2. The van der Waals surface area contributed by atoms with Gasteiger partial charge in [-0.1, -0.05) is 18.7 Å². The molecular formula is C28H29N7O3S. The first kappa shape index (κ1) is 25.2. The van der Waals surface area contributed by atoms with Crippen molar-refractivity contribution in [1.29, 1.82) is 0 Å². The van der Waals surface area contributed by atoms with Crippen LogP contribution in [0.5, 0.6) is 0 Å². The van der Waals surface area contributed by atoms with Gasteiger partial charge in [-0.15, -0.1) is 0 Å². The Bertz CT molecular complexity index is 1580. The maximum Gasteiger partial charge on any atom is 0.245 e. The molecule has 10 nitrogen and oxygen atoms in total. The largest absolute Gasteiger partial charge is 0.382 e. The number of likely N-dealkylation sites (N-methyl/N-ethyl adjacent to an activating group) is 1. The second-order valence-corrected chi connectivity index (χ2v) is 11.8. The molecule has 4 heterocycles. The van der Waals surface area contributed by atoms with E-state index in [-0.39, 0.29) is 16.2 Å². The number of rotatable bonds is 5. The van der Waals surface area contributed by atoms with E-state index < -0.39 is 16.2 Å². The number of piperidine rings is 1.